The standard InChI is InChI=1S/C26H28N2O3S/c1-20-12-14-22(15-13-20)25(21-8-4-2-5-9-21)27-26(29)23-16-18-28(19-17-23)32(30,31)24-10-6-3-7-11-24/h2-15,23,25H,16-19H2,1H3,(H,27,29)/t25-/m0/s1. The zero-order chi connectivity index (χ0) is 22.6. The first-order chi connectivity index (χ1) is 15.4. The van der Waals surface area contributed by atoms with Crippen molar-refractivity contribution < 1.29 is 13.2 Å². The Kier molecular flexibility index (Phi) is 6.72. The maximum absolute atomic E-state index is 13.2. The van der Waals surface area contributed by atoms with Gasteiger partial charge in [0.2, 0.25) is 15.9 Å². The summed E-state index contributed by atoms with van der Waals surface area (Å²) in [7, 11) is -3.52. The first kappa shape index (κ1) is 22.2. The number of nitrogens with one attached hydrogen (secondary N) is 1. The van der Waals surface area contributed by atoms with E-state index in [1.54, 1.807) is 30.3 Å². The molecule has 1 amide bonds. The second-order valence-corrected chi connectivity index (χ2v) is 10.2. The minimum absolute atomic E-state index is 0.0313. The van der Waals surface area contributed by atoms with Gasteiger partial charge >= 0.3 is 0 Å². The van der Waals surface area contributed by atoms with Crippen molar-refractivity contribution in [2.24, 2.45) is 5.92 Å². The molecule has 1 fully saturated rings. The molecule has 1 heterocycles. The third kappa shape index (κ3) is 4.92. The number of piperidine rings is 1. The molecular formula is C26H28N2O3S. The molecule has 6 heteroatoms. The van der Waals surface area contributed by atoms with Crippen molar-refractivity contribution in [2.75, 3.05) is 13.1 Å². The SMILES string of the molecule is Cc1ccc([C@@H](NC(=O)C2CCN(S(=O)(=O)c3ccccc3)CC2)c2ccccc2)cc1. The van der Waals surface area contributed by atoms with E-state index in [2.05, 4.69) is 5.32 Å². The number of rotatable bonds is 6. The highest BCUT2D eigenvalue weighted by atomic mass is 32.2. The normalized spacial score (nSPS) is 16.4. The van der Waals surface area contributed by atoms with Gasteiger partial charge in [-0.3, -0.25) is 4.79 Å². The Bertz CT molecular complexity index is 1140. The molecular weight excluding hydrogens is 420 g/mol. The molecule has 3 aromatic rings. The van der Waals surface area contributed by atoms with Crippen molar-refractivity contribution in [3.8, 4) is 0 Å². The Hall–Kier alpha value is -2.96. The van der Waals surface area contributed by atoms with Crippen molar-refractivity contribution >= 4 is 15.9 Å². The van der Waals surface area contributed by atoms with Gasteiger partial charge in [0, 0.05) is 19.0 Å². The van der Waals surface area contributed by atoms with E-state index in [0.29, 0.717) is 30.8 Å². The molecule has 1 saturated heterocycles. The average Bonchev–Trinajstić information content (AvgIpc) is 2.84. The maximum atomic E-state index is 13.2. The van der Waals surface area contributed by atoms with Crippen molar-refractivity contribution in [3.05, 3.63) is 102 Å². The smallest absolute Gasteiger partial charge is 0.243 e. The zero-order valence-electron chi connectivity index (χ0n) is 18.1. The lowest BCUT2D eigenvalue weighted by molar-refractivity contribution is -0.126. The van der Waals surface area contributed by atoms with Crippen LogP contribution in [-0.2, 0) is 14.8 Å². The van der Waals surface area contributed by atoms with E-state index in [1.165, 1.54) is 9.87 Å². The molecule has 4 rings (SSSR count). The maximum Gasteiger partial charge on any atom is 0.243 e. The average molecular weight is 449 g/mol. The van der Waals surface area contributed by atoms with Crippen LogP contribution in [0.15, 0.2) is 89.8 Å². The zero-order valence-corrected chi connectivity index (χ0v) is 19.0. The van der Waals surface area contributed by atoms with Crippen LogP contribution in [0.3, 0.4) is 0 Å². The molecule has 1 atom stereocenters. The predicted molar refractivity (Wildman–Crippen MR) is 126 cm³/mol. The van der Waals surface area contributed by atoms with E-state index in [-0.39, 0.29) is 17.9 Å². The van der Waals surface area contributed by atoms with Crippen LogP contribution < -0.4 is 5.32 Å². The molecule has 1 aliphatic heterocycles. The Labute approximate surface area is 190 Å². The first-order valence-corrected chi connectivity index (χ1v) is 12.4. The minimum Gasteiger partial charge on any atom is -0.345 e. The lowest BCUT2D eigenvalue weighted by Crippen LogP contribution is -2.43. The summed E-state index contributed by atoms with van der Waals surface area (Å²) in [6.07, 6.45) is 1.01. The minimum atomic E-state index is -3.52. The summed E-state index contributed by atoms with van der Waals surface area (Å²) in [4.78, 5) is 13.5. The van der Waals surface area contributed by atoms with Gasteiger partial charge in [-0.05, 0) is 43.0 Å². The molecule has 32 heavy (non-hydrogen) atoms. The number of amides is 1. The van der Waals surface area contributed by atoms with Crippen LogP contribution in [0, 0.1) is 12.8 Å². The second-order valence-electron chi connectivity index (χ2n) is 8.25. The number of aryl methyl sites for hydroxylation is 1. The monoisotopic (exact) mass is 448 g/mol. The van der Waals surface area contributed by atoms with Crippen LogP contribution in [0.1, 0.15) is 35.6 Å². The number of carbonyl (C=O) groups excluding carboxylic acids is 1. The molecule has 0 bridgehead atoms. The van der Waals surface area contributed by atoms with Gasteiger partial charge in [-0.2, -0.15) is 4.31 Å². The Morgan fingerprint density at radius 3 is 1.97 bits per heavy atom. The summed E-state index contributed by atoms with van der Waals surface area (Å²) < 4.78 is 27.2. The third-order valence-corrected chi connectivity index (χ3v) is 7.95. The molecule has 0 spiro atoms. The fraction of sp³-hybridized carbons (Fsp3) is 0.269. The largest absolute Gasteiger partial charge is 0.345 e. The molecule has 166 valence electrons. The van der Waals surface area contributed by atoms with Gasteiger partial charge in [0.1, 0.15) is 0 Å². The van der Waals surface area contributed by atoms with Crippen molar-refractivity contribution in [3.63, 3.8) is 0 Å². The first-order valence-electron chi connectivity index (χ1n) is 10.9. The van der Waals surface area contributed by atoms with E-state index in [4.69, 9.17) is 0 Å². The Morgan fingerprint density at radius 1 is 0.844 bits per heavy atom. The number of sulfonamides is 1. The number of carbonyl (C=O) groups is 1. The van der Waals surface area contributed by atoms with Crippen molar-refractivity contribution in [2.45, 2.75) is 30.7 Å². The lowest BCUT2D eigenvalue weighted by Gasteiger charge is -2.31. The van der Waals surface area contributed by atoms with Gasteiger partial charge in [-0.25, -0.2) is 8.42 Å². The highest BCUT2D eigenvalue weighted by Gasteiger charge is 2.33. The molecule has 3 aromatic carbocycles. The van der Waals surface area contributed by atoms with Gasteiger partial charge in [0.05, 0.1) is 10.9 Å². The van der Waals surface area contributed by atoms with Gasteiger partial charge in [-0.15, -0.1) is 0 Å². The van der Waals surface area contributed by atoms with E-state index in [1.807, 2.05) is 61.5 Å². The van der Waals surface area contributed by atoms with Crippen LogP contribution in [-0.4, -0.2) is 31.7 Å². The summed E-state index contributed by atoms with van der Waals surface area (Å²) in [5.41, 5.74) is 3.21. The molecule has 0 aromatic heterocycles. The second kappa shape index (κ2) is 9.67. The fourth-order valence-electron chi connectivity index (χ4n) is 4.12. The highest BCUT2D eigenvalue weighted by Crippen LogP contribution is 2.27. The summed E-state index contributed by atoms with van der Waals surface area (Å²) in [6.45, 7) is 2.73. The van der Waals surface area contributed by atoms with E-state index < -0.39 is 10.0 Å². The van der Waals surface area contributed by atoms with Crippen LogP contribution >= 0.6 is 0 Å². The number of benzene rings is 3. The van der Waals surface area contributed by atoms with Gasteiger partial charge < -0.3 is 5.32 Å². The molecule has 5 nitrogen and oxygen atoms in total. The lowest BCUT2D eigenvalue weighted by atomic mass is 9.94. The fourth-order valence-corrected chi connectivity index (χ4v) is 5.61. The van der Waals surface area contributed by atoms with Crippen molar-refractivity contribution in [1.82, 2.24) is 9.62 Å². The third-order valence-electron chi connectivity index (χ3n) is 6.04. The van der Waals surface area contributed by atoms with E-state index in [9.17, 15) is 13.2 Å². The Balaban J connectivity index is 1.45. The summed E-state index contributed by atoms with van der Waals surface area (Å²) in [6, 6.07) is 26.3. The van der Waals surface area contributed by atoms with Crippen LogP contribution in [0.2, 0.25) is 0 Å². The van der Waals surface area contributed by atoms with Gasteiger partial charge in [0.25, 0.3) is 0 Å². The predicted octanol–water partition coefficient (Wildman–Crippen LogP) is 4.30. The summed E-state index contributed by atoms with van der Waals surface area (Å²) in [5.74, 6) is -0.245. The van der Waals surface area contributed by atoms with Gasteiger partial charge in [0.15, 0.2) is 0 Å². The molecule has 0 saturated carbocycles. The van der Waals surface area contributed by atoms with Crippen LogP contribution in [0.25, 0.3) is 0 Å². The molecule has 1 N–H and O–H groups in total. The molecule has 0 unspecified atom stereocenters. The van der Waals surface area contributed by atoms with E-state index >= 15 is 0 Å². The van der Waals surface area contributed by atoms with Crippen LogP contribution in [0.5, 0.6) is 0 Å². The highest BCUT2D eigenvalue weighted by molar-refractivity contribution is 7.89. The topological polar surface area (TPSA) is 66.5 Å². The van der Waals surface area contributed by atoms with E-state index in [0.717, 1.165) is 11.1 Å². The molecule has 0 radical (unpaired) electrons. The quantitative estimate of drug-likeness (QED) is 0.611. The molecule has 1 aliphatic rings. The summed E-state index contributed by atoms with van der Waals surface area (Å²) in [5, 5.41) is 3.22. The van der Waals surface area contributed by atoms with Crippen molar-refractivity contribution in [1.29, 1.82) is 0 Å². The number of hydrogen-bond donors (Lipinski definition) is 1. The molecule has 0 aliphatic carbocycles. The van der Waals surface area contributed by atoms with Gasteiger partial charge in [-0.1, -0.05) is 78.4 Å². The number of hydrogen-bond acceptors (Lipinski definition) is 3. The summed E-state index contributed by atoms with van der Waals surface area (Å²) >= 11 is 0. The number of nitrogens with zero attached hydrogens (tertiary/aromatic N) is 1. The Morgan fingerprint density at radius 2 is 1.38 bits per heavy atom. The van der Waals surface area contributed by atoms with Crippen LogP contribution in [0.4, 0.5) is 0 Å².